The van der Waals surface area contributed by atoms with E-state index in [1.807, 2.05) is 36.4 Å². The second-order valence-corrected chi connectivity index (χ2v) is 7.64. The van der Waals surface area contributed by atoms with Gasteiger partial charge in [-0.3, -0.25) is 0 Å². The molecule has 0 saturated heterocycles. The quantitative estimate of drug-likeness (QED) is 0.679. The van der Waals surface area contributed by atoms with Gasteiger partial charge in [0.25, 0.3) is 0 Å². The fourth-order valence-corrected chi connectivity index (χ4v) is 2.90. The molecule has 0 atom stereocenters. The number of nitrogens with zero attached hydrogens (tertiary/aromatic N) is 2. The molecule has 0 amide bonds. The third kappa shape index (κ3) is 4.61. The van der Waals surface area contributed by atoms with Gasteiger partial charge < -0.3 is 15.2 Å². The third-order valence-electron chi connectivity index (χ3n) is 4.46. The van der Waals surface area contributed by atoms with Crippen molar-refractivity contribution in [1.82, 2.24) is 9.97 Å². The first-order valence-corrected chi connectivity index (χ1v) is 9.16. The van der Waals surface area contributed by atoms with E-state index in [9.17, 15) is 9.90 Å². The average Bonchev–Trinajstić information content (AvgIpc) is 2.64. The number of anilines is 1. The van der Waals surface area contributed by atoms with Gasteiger partial charge in [-0.15, -0.1) is 0 Å². The van der Waals surface area contributed by atoms with Crippen LogP contribution < -0.4 is 10.4 Å². The van der Waals surface area contributed by atoms with Crippen LogP contribution in [0.15, 0.2) is 48.5 Å². The zero-order valence-electron chi connectivity index (χ0n) is 16.0. The van der Waals surface area contributed by atoms with Gasteiger partial charge >= 0.3 is 0 Å². The van der Waals surface area contributed by atoms with Gasteiger partial charge in [0, 0.05) is 23.5 Å². The van der Waals surface area contributed by atoms with Gasteiger partial charge in [-0.25, -0.2) is 9.97 Å². The lowest BCUT2D eigenvalue weighted by atomic mass is 9.87. The fourth-order valence-electron chi connectivity index (χ4n) is 2.90. The summed E-state index contributed by atoms with van der Waals surface area (Å²) in [6.45, 7) is 7.06. The first kappa shape index (κ1) is 18.8. The lowest BCUT2D eigenvalue weighted by molar-refractivity contribution is -0.305. The fraction of sp³-hybridized carbons (Fsp3) is 0.318. The van der Waals surface area contributed by atoms with Gasteiger partial charge in [-0.1, -0.05) is 57.2 Å². The topological polar surface area (TPSA) is 77.9 Å². The molecule has 0 aliphatic carbocycles. The smallest absolute Gasteiger partial charge is 0.162 e. The second kappa shape index (κ2) is 7.74. The number of hydrogen-bond donors (Lipinski definition) is 1. The van der Waals surface area contributed by atoms with Crippen LogP contribution in [0, 0.1) is 0 Å². The van der Waals surface area contributed by atoms with Crippen LogP contribution in [0.5, 0.6) is 0 Å². The van der Waals surface area contributed by atoms with Gasteiger partial charge in [0.1, 0.15) is 5.82 Å². The first-order chi connectivity index (χ1) is 12.8. The SMILES string of the molecule is CC(C)(C)c1ccc(-c2nc(NCCCC(=O)[O-])c3ccccc3n2)cc1. The molecule has 0 aliphatic heterocycles. The van der Waals surface area contributed by atoms with Gasteiger partial charge in [0.05, 0.1) is 5.52 Å². The molecule has 0 spiro atoms. The van der Waals surface area contributed by atoms with E-state index in [0.29, 0.717) is 24.6 Å². The summed E-state index contributed by atoms with van der Waals surface area (Å²) < 4.78 is 0. The summed E-state index contributed by atoms with van der Waals surface area (Å²) in [5, 5.41) is 14.8. The summed E-state index contributed by atoms with van der Waals surface area (Å²) in [7, 11) is 0. The minimum absolute atomic E-state index is 0.0249. The number of carbonyl (C=O) groups is 1. The van der Waals surface area contributed by atoms with Gasteiger partial charge in [-0.2, -0.15) is 0 Å². The number of carbonyl (C=O) groups excluding carboxylic acids is 1. The van der Waals surface area contributed by atoms with Crippen molar-refractivity contribution in [2.24, 2.45) is 0 Å². The second-order valence-electron chi connectivity index (χ2n) is 7.64. The van der Waals surface area contributed by atoms with Crippen LogP contribution in [0.4, 0.5) is 5.82 Å². The lowest BCUT2D eigenvalue weighted by Crippen LogP contribution is -2.22. The molecule has 0 unspecified atom stereocenters. The summed E-state index contributed by atoms with van der Waals surface area (Å²) in [6, 6.07) is 16.1. The molecule has 0 bridgehead atoms. The molecule has 0 saturated carbocycles. The Morgan fingerprint density at radius 3 is 2.41 bits per heavy atom. The Morgan fingerprint density at radius 2 is 1.74 bits per heavy atom. The Kier molecular flexibility index (Phi) is 5.40. The third-order valence-corrected chi connectivity index (χ3v) is 4.46. The Labute approximate surface area is 159 Å². The van der Waals surface area contributed by atoms with E-state index in [2.05, 4.69) is 38.2 Å². The highest BCUT2D eigenvalue weighted by Gasteiger charge is 2.14. The Bertz CT molecular complexity index is 944. The average molecular weight is 362 g/mol. The number of nitrogens with one attached hydrogen (secondary N) is 1. The molecule has 1 N–H and O–H groups in total. The zero-order chi connectivity index (χ0) is 19.4. The molecule has 1 heterocycles. The number of carboxylic acids is 1. The number of aromatic nitrogens is 2. The first-order valence-electron chi connectivity index (χ1n) is 9.16. The predicted molar refractivity (Wildman–Crippen MR) is 106 cm³/mol. The summed E-state index contributed by atoms with van der Waals surface area (Å²) in [5.74, 6) is 0.328. The van der Waals surface area contributed by atoms with Crippen molar-refractivity contribution in [3.05, 3.63) is 54.1 Å². The van der Waals surface area contributed by atoms with E-state index >= 15 is 0 Å². The van der Waals surface area contributed by atoms with Crippen LogP contribution in [0.3, 0.4) is 0 Å². The Hall–Kier alpha value is -2.95. The molecule has 0 fully saturated rings. The monoisotopic (exact) mass is 362 g/mol. The van der Waals surface area contributed by atoms with E-state index in [-0.39, 0.29) is 11.8 Å². The summed E-state index contributed by atoms with van der Waals surface area (Å²) >= 11 is 0. The number of hydrogen-bond acceptors (Lipinski definition) is 5. The molecule has 5 heteroatoms. The lowest BCUT2D eigenvalue weighted by Gasteiger charge is -2.19. The minimum atomic E-state index is -1.04. The molecule has 3 aromatic rings. The van der Waals surface area contributed by atoms with E-state index in [1.54, 1.807) is 0 Å². The maximum absolute atomic E-state index is 10.6. The van der Waals surface area contributed by atoms with E-state index < -0.39 is 5.97 Å². The molecule has 1 aromatic heterocycles. The van der Waals surface area contributed by atoms with Gasteiger partial charge in [0.15, 0.2) is 5.82 Å². The van der Waals surface area contributed by atoms with E-state index in [1.165, 1.54) is 5.56 Å². The molecule has 140 valence electrons. The molecular weight excluding hydrogens is 338 g/mol. The summed E-state index contributed by atoms with van der Waals surface area (Å²) in [5.41, 5.74) is 3.15. The van der Waals surface area contributed by atoms with Crippen molar-refractivity contribution in [3.8, 4) is 11.4 Å². The number of benzene rings is 2. The van der Waals surface area contributed by atoms with E-state index in [4.69, 9.17) is 9.97 Å². The number of aliphatic carboxylic acids is 1. The van der Waals surface area contributed by atoms with Crippen molar-refractivity contribution < 1.29 is 9.90 Å². The summed E-state index contributed by atoms with van der Waals surface area (Å²) in [4.78, 5) is 20.0. The predicted octanol–water partition coefficient (Wildman–Crippen LogP) is 3.54. The van der Waals surface area contributed by atoms with Crippen molar-refractivity contribution in [2.75, 3.05) is 11.9 Å². The molecule has 0 aliphatic rings. The summed E-state index contributed by atoms with van der Waals surface area (Å²) in [6.07, 6.45) is 0.507. The van der Waals surface area contributed by atoms with Crippen LogP contribution in [0.25, 0.3) is 22.3 Å². The number of fused-ring (bicyclic) bond motifs is 1. The van der Waals surface area contributed by atoms with Crippen LogP contribution in [0.1, 0.15) is 39.2 Å². The standard InChI is InChI=1S/C22H25N3O2/c1-22(2,3)16-12-10-15(11-13-16)20-24-18-8-5-4-7-17(18)21(25-20)23-14-6-9-19(26)27/h4-5,7-8,10-13H,6,9,14H2,1-3H3,(H,26,27)(H,23,24,25)/p-1. The van der Waals surface area contributed by atoms with Crippen LogP contribution in [0.2, 0.25) is 0 Å². The van der Waals surface area contributed by atoms with Gasteiger partial charge in [-0.05, 0) is 36.0 Å². The Morgan fingerprint density at radius 1 is 1.04 bits per heavy atom. The zero-order valence-corrected chi connectivity index (χ0v) is 16.0. The molecule has 27 heavy (non-hydrogen) atoms. The van der Waals surface area contributed by atoms with Crippen LogP contribution in [-0.2, 0) is 10.2 Å². The van der Waals surface area contributed by atoms with Crippen LogP contribution in [-0.4, -0.2) is 22.5 Å². The number of rotatable bonds is 6. The number of para-hydroxylation sites is 1. The largest absolute Gasteiger partial charge is 0.550 e. The molecular formula is C22H24N3O2-. The number of carboxylic acid groups (broad SMARTS) is 1. The van der Waals surface area contributed by atoms with Crippen molar-refractivity contribution in [1.29, 1.82) is 0 Å². The maximum atomic E-state index is 10.6. The molecule has 5 nitrogen and oxygen atoms in total. The normalized spacial score (nSPS) is 11.5. The van der Waals surface area contributed by atoms with Crippen molar-refractivity contribution in [3.63, 3.8) is 0 Å². The molecule has 2 aromatic carbocycles. The highest BCUT2D eigenvalue weighted by atomic mass is 16.4. The maximum Gasteiger partial charge on any atom is 0.162 e. The Balaban J connectivity index is 1.93. The highest BCUT2D eigenvalue weighted by molar-refractivity contribution is 5.90. The minimum Gasteiger partial charge on any atom is -0.550 e. The highest BCUT2D eigenvalue weighted by Crippen LogP contribution is 2.27. The van der Waals surface area contributed by atoms with Gasteiger partial charge in [0.2, 0.25) is 0 Å². The molecule has 3 rings (SSSR count). The van der Waals surface area contributed by atoms with Crippen molar-refractivity contribution >= 4 is 22.7 Å². The van der Waals surface area contributed by atoms with Crippen LogP contribution >= 0.6 is 0 Å². The molecule has 0 radical (unpaired) electrons. The van der Waals surface area contributed by atoms with Crippen molar-refractivity contribution in [2.45, 2.75) is 39.0 Å². The van der Waals surface area contributed by atoms with E-state index in [0.717, 1.165) is 16.5 Å².